The van der Waals surface area contributed by atoms with Crippen molar-refractivity contribution in [2.24, 2.45) is 5.41 Å². The number of rotatable bonds is 64. The first kappa shape index (κ1) is 88.5. The van der Waals surface area contributed by atoms with Gasteiger partial charge in [-0.3, -0.25) is 63.3 Å². The van der Waals surface area contributed by atoms with E-state index >= 15 is 0 Å². The third-order valence-electron chi connectivity index (χ3n) is 9.51. The Labute approximate surface area is 538 Å². The summed E-state index contributed by atoms with van der Waals surface area (Å²) in [6, 6.07) is 0. The zero-order valence-corrected chi connectivity index (χ0v) is 59.1. The lowest BCUT2D eigenvalue weighted by Crippen LogP contribution is -2.42. The standard InChI is InChI=1S/C36H81I3N3O37P7/c1-60-80(46,47)76-29-36(26-61-8-2-11-67-81(48,49)70-17-20-73-84(54,55)77-33(23-43)5-14-64-30-40-37,27-62-9-3-12-68-82(50,51)71-18-21-74-85(56,57)78-34(24-44)6-15-65-31-41-38)28-63-10-4-13-69-83(52,53)72-19-22-75-86(58,59)79-35(25-45)7-16-66-32-42-39/h33-35,40-45H,2-32H2,1H3,(H,46,47)(H,48,49)(H,50,51)(H,52,53)(H,54,55)(H,56,57)(H,58,59). The van der Waals surface area contributed by atoms with E-state index in [0.29, 0.717) is 0 Å². The fourth-order valence-electron chi connectivity index (χ4n) is 5.60. The van der Waals surface area contributed by atoms with Gasteiger partial charge >= 0.3 is 54.8 Å². The highest BCUT2D eigenvalue weighted by atomic mass is 127. The molecule has 0 amide bonds. The van der Waals surface area contributed by atoms with Crippen molar-refractivity contribution in [2.45, 2.75) is 56.8 Å². The molecule has 0 saturated heterocycles. The van der Waals surface area contributed by atoms with Crippen molar-refractivity contribution in [2.75, 3.05) is 173 Å². The molecule has 0 saturated carbocycles. The smallest absolute Gasteiger partial charge is 0.394 e. The monoisotopic (exact) mass is 1740 g/mol. The van der Waals surface area contributed by atoms with Crippen LogP contribution in [0.5, 0.6) is 0 Å². The van der Waals surface area contributed by atoms with Crippen molar-refractivity contribution < 1.29 is 173 Å². The first-order valence-corrected chi connectivity index (χ1v) is 38.8. The third-order valence-corrected chi connectivity index (χ3v) is 17.6. The maximum absolute atomic E-state index is 12.5. The molecule has 13 N–H and O–H groups in total. The Morgan fingerprint density at radius 1 is 0.337 bits per heavy atom. The number of nitrogens with one attached hydrogen (secondary N) is 3. The van der Waals surface area contributed by atoms with Gasteiger partial charge in [0.1, 0.15) is 20.2 Å². The van der Waals surface area contributed by atoms with Crippen molar-refractivity contribution in [1.29, 1.82) is 0 Å². The molecular weight excluding hydrogens is 1660 g/mol. The molecule has 0 fully saturated rings. The molecule has 50 heteroatoms. The Balaban J connectivity index is 5.64. The summed E-state index contributed by atoms with van der Waals surface area (Å²) in [6.45, 7) is -9.66. The largest absolute Gasteiger partial charge is 0.472 e. The number of halogens is 3. The number of phosphoric acid groups is 7. The van der Waals surface area contributed by atoms with Gasteiger partial charge in [0.05, 0.1) is 149 Å². The van der Waals surface area contributed by atoms with Crippen LogP contribution in [0.3, 0.4) is 0 Å². The second-order valence-corrected chi connectivity index (χ2v) is 29.0. The fraction of sp³-hybridized carbons (Fsp3) is 1.00. The van der Waals surface area contributed by atoms with Crippen LogP contribution in [0, 0.1) is 5.41 Å². The maximum atomic E-state index is 12.5. The third kappa shape index (κ3) is 50.8. The van der Waals surface area contributed by atoms with E-state index in [1.807, 2.05) is 68.6 Å². The molecule has 0 aliphatic heterocycles. The molecule has 0 aromatic rings. The summed E-state index contributed by atoms with van der Waals surface area (Å²) in [5.41, 5.74) is -1.53. The van der Waals surface area contributed by atoms with E-state index in [1.165, 1.54) is 0 Å². The highest BCUT2D eigenvalue weighted by Gasteiger charge is 2.37. The molecule has 10 atom stereocenters. The van der Waals surface area contributed by atoms with E-state index in [9.17, 15) is 81.5 Å². The minimum absolute atomic E-state index is 0.0283. The number of hydrogen-bond donors (Lipinski definition) is 13. The predicted octanol–water partition coefficient (Wildman–Crippen LogP) is 2.75. The molecule has 0 aromatic heterocycles. The summed E-state index contributed by atoms with van der Waals surface area (Å²) in [7, 11) is -32.5. The van der Waals surface area contributed by atoms with Crippen molar-refractivity contribution in [1.82, 2.24) is 10.6 Å². The maximum Gasteiger partial charge on any atom is 0.472 e. The van der Waals surface area contributed by atoms with E-state index in [-0.39, 0.29) is 98.4 Å². The fourth-order valence-corrected chi connectivity index (χ4v) is 11.8. The van der Waals surface area contributed by atoms with Gasteiger partial charge < -0.3 is 78.0 Å². The SMILES string of the molecule is COP(=O)(O)OCC(COCCCOP(=O)(O)OCCOP(=O)(O)OC(CO)CCOCNI)(COCCCOP(=O)(O)OCCOP(=O)(O)OC(CO)CCOCNI)COCCCOP(=O)(O)OCCOP(=O)(O)OC(CO)CCOCNI. The predicted molar refractivity (Wildman–Crippen MR) is 318 cm³/mol. The van der Waals surface area contributed by atoms with Crippen LogP contribution in [0.4, 0.5) is 0 Å². The Morgan fingerprint density at radius 3 is 0.837 bits per heavy atom. The minimum Gasteiger partial charge on any atom is -0.394 e. The molecule has 0 heterocycles. The highest BCUT2D eigenvalue weighted by molar-refractivity contribution is 14.1. The number of hydrogen-bond acceptors (Lipinski definition) is 33. The van der Waals surface area contributed by atoms with Crippen molar-refractivity contribution in [3.05, 3.63) is 0 Å². The summed E-state index contributed by atoms with van der Waals surface area (Å²) in [6.07, 6.45) is -3.63. The van der Waals surface area contributed by atoms with Crippen LogP contribution < -0.4 is 10.6 Å². The zero-order valence-electron chi connectivity index (χ0n) is 46.4. The topological polar surface area (TPSA) is 542 Å². The second-order valence-electron chi connectivity index (χ2n) is 16.6. The van der Waals surface area contributed by atoms with Gasteiger partial charge in [-0.1, -0.05) is 0 Å². The normalized spacial score (nSPS) is 19.0. The van der Waals surface area contributed by atoms with Crippen LogP contribution in [0.2, 0.25) is 0 Å². The Kier molecular flexibility index (Phi) is 52.3. The number of aliphatic hydroxyl groups is 3. The number of ether oxygens (including phenoxy) is 6. The number of phosphoric ester groups is 7. The first-order chi connectivity index (χ1) is 40.5. The van der Waals surface area contributed by atoms with Gasteiger partial charge in [0, 0.05) is 95.5 Å². The second kappa shape index (κ2) is 50.8. The summed E-state index contributed by atoms with van der Waals surface area (Å²) in [4.78, 5) is 70.4. The molecule has 86 heavy (non-hydrogen) atoms. The Hall–Kier alpha value is 2.48. The molecule has 0 bridgehead atoms. The van der Waals surface area contributed by atoms with Gasteiger partial charge in [-0.25, -0.2) is 42.5 Å². The van der Waals surface area contributed by atoms with Gasteiger partial charge in [-0.05, 0) is 38.5 Å². The molecule has 0 spiro atoms. The molecule has 0 aromatic carbocycles. The molecule has 40 nitrogen and oxygen atoms in total. The van der Waals surface area contributed by atoms with Crippen molar-refractivity contribution in [3.8, 4) is 0 Å². The molecule has 0 aliphatic rings. The number of aliphatic hydroxyl groups excluding tert-OH is 3. The summed E-state index contributed by atoms with van der Waals surface area (Å²) < 4.78 is 195. The average molecular weight is 1750 g/mol. The molecule has 0 rings (SSSR count). The molecule has 0 aliphatic carbocycles. The Bertz CT molecular complexity index is 1880. The van der Waals surface area contributed by atoms with E-state index < -0.39 is 184 Å². The lowest BCUT2D eigenvalue weighted by molar-refractivity contribution is -0.0940. The van der Waals surface area contributed by atoms with Gasteiger partial charge in [0.2, 0.25) is 0 Å². The van der Waals surface area contributed by atoms with Crippen LogP contribution >= 0.6 is 123 Å². The van der Waals surface area contributed by atoms with Gasteiger partial charge in [-0.15, -0.1) is 0 Å². The average Bonchev–Trinajstić information content (AvgIpc) is 3.09. The molecule has 10 unspecified atom stereocenters. The van der Waals surface area contributed by atoms with Crippen molar-refractivity contribution in [3.63, 3.8) is 0 Å². The van der Waals surface area contributed by atoms with E-state index in [4.69, 9.17) is 87.2 Å². The Morgan fingerprint density at radius 2 is 0.593 bits per heavy atom. The van der Waals surface area contributed by atoms with Gasteiger partial charge in [0.15, 0.2) is 0 Å². The minimum atomic E-state index is -4.79. The quantitative estimate of drug-likeness (QED) is 0.0137. The van der Waals surface area contributed by atoms with Crippen LogP contribution in [0.25, 0.3) is 0 Å². The van der Waals surface area contributed by atoms with E-state index in [1.54, 1.807) is 0 Å². The van der Waals surface area contributed by atoms with E-state index in [0.717, 1.165) is 7.11 Å². The van der Waals surface area contributed by atoms with Gasteiger partial charge in [-0.2, -0.15) is 0 Å². The van der Waals surface area contributed by atoms with Crippen LogP contribution in [-0.4, -0.2) is 241 Å². The molecule has 0 radical (unpaired) electrons. The van der Waals surface area contributed by atoms with Crippen LogP contribution in [0.1, 0.15) is 38.5 Å². The lowest BCUT2D eigenvalue weighted by atomic mass is 9.92. The zero-order chi connectivity index (χ0) is 64.9. The lowest BCUT2D eigenvalue weighted by Gasteiger charge is -2.33. The first-order valence-electron chi connectivity index (χ1n) is 25.1. The molecule has 518 valence electrons. The molecular formula is C36H81I3N3O37P7. The summed E-state index contributed by atoms with van der Waals surface area (Å²) in [5.74, 6) is 0. The summed E-state index contributed by atoms with van der Waals surface area (Å²) in [5, 5.41) is 28.3. The van der Waals surface area contributed by atoms with Crippen LogP contribution in [-0.2, 0) is 124 Å². The van der Waals surface area contributed by atoms with Crippen molar-refractivity contribution >= 4 is 123 Å². The van der Waals surface area contributed by atoms with Gasteiger partial charge in [0.25, 0.3) is 0 Å². The van der Waals surface area contributed by atoms with E-state index in [2.05, 4.69) is 15.1 Å². The highest BCUT2D eigenvalue weighted by Crippen LogP contribution is 2.50. The van der Waals surface area contributed by atoms with Crippen LogP contribution in [0.15, 0.2) is 0 Å². The summed E-state index contributed by atoms with van der Waals surface area (Å²) >= 11 is 5.51.